The van der Waals surface area contributed by atoms with Crippen LogP contribution in [-0.4, -0.2) is 21.4 Å². The molecule has 60 valence electrons. The minimum atomic E-state index is -0.587. The first kappa shape index (κ1) is 11.5. The molecule has 4 radical (unpaired) electrons. The second-order valence-electron chi connectivity index (χ2n) is 3.99. The molecule has 0 spiro atoms. The van der Waals surface area contributed by atoms with Crippen LogP contribution >= 0.6 is 12.6 Å². The van der Waals surface area contributed by atoms with Crippen LogP contribution in [0.1, 0.15) is 33.6 Å². The van der Waals surface area contributed by atoms with Gasteiger partial charge in [-0.2, -0.15) is 12.6 Å². The van der Waals surface area contributed by atoms with E-state index >= 15 is 0 Å². The summed E-state index contributed by atoms with van der Waals surface area (Å²) in [5.74, 6) is 0.902. The van der Waals surface area contributed by atoms with Gasteiger partial charge in [-0.1, -0.05) is 26.0 Å². The van der Waals surface area contributed by atoms with Crippen molar-refractivity contribution in [2.45, 2.75) is 38.8 Å². The van der Waals surface area contributed by atoms with Gasteiger partial charge in [-0.15, -0.1) is 0 Å². The van der Waals surface area contributed by atoms with Gasteiger partial charge in [0.25, 0.3) is 0 Å². The van der Waals surface area contributed by atoms with Crippen LogP contribution in [0.25, 0.3) is 0 Å². The second-order valence-corrected chi connectivity index (χ2v) is 4.44. The molecule has 0 aromatic heterocycles. The quantitative estimate of drug-likeness (QED) is 0.480. The van der Waals surface area contributed by atoms with Crippen LogP contribution in [0.15, 0.2) is 0 Å². The van der Waals surface area contributed by atoms with Crippen LogP contribution in [-0.2, 0) is 0 Å². The maximum Gasteiger partial charge on any atom is 0.0624 e. The first-order valence-corrected chi connectivity index (χ1v) is 4.63. The van der Waals surface area contributed by atoms with Crippen LogP contribution < -0.4 is 0 Å². The van der Waals surface area contributed by atoms with Crippen molar-refractivity contribution in [1.82, 2.24) is 0 Å². The van der Waals surface area contributed by atoms with Gasteiger partial charge in [0.05, 0.1) is 15.7 Å². The zero-order valence-electron chi connectivity index (χ0n) is 7.72. The Morgan fingerprint density at radius 2 is 1.64 bits per heavy atom. The molecule has 11 heavy (non-hydrogen) atoms. The van der Waals surface area contributed by atoms with Gasteiger partial charge in [0.15, 0.2) is 0 Å². The van der Waals surface area contributed by atoms with Crippen molar-refractivity contribution in [3.8, 4) is 0 Å². The summed E-state index contributed by atoms with van der Waals surface area (Å²) in [7, 11) is 11.6. The van der Waals surface area contributed by atoms with Crippen molar-refractivity contribution in [3.63, 3.8) is 0 Å². The number of rotatable bonds is 4. The van der Waals surface area contributed by atoms with E-state index in [-0.39, 0.29) is 5.41 Å². The molecular weight excluding hydrogens is 150 g/mol. The van der Waals surface area contributed by atoms with Crippen molar-refractivity contribution in [2.24, 2.45) is 5.41 Å². The summed E-state index contributed by atoms with van der Waals surface area (Å²) in [6.45, 7) is 6.05. The van der Waals surface area contributed by atoms with Gasteiger partial charge < -0.3 is 0 Å². The molecule has 0 unspecified atom stereocenters. The summed E-state index contributed by atoms with van der Waals surface area (Å²) < 4.78 is 0. The summed E-state index contributed by atoms with van der Waals surface area (Å²) in [6, 6.07) is 0. The van der Waals surface area contributed by atoms with Gasteiger partial charge in [-0.05, 0) is 24.0 Å². The van der Waals surface area contributed by atoms with Gasteiger partial charge in [0.2, 0.25) is 0 Å². The molecule has 0 saturated heterocycles. The first-order valence-electron chi connectivity index (χ1n) is 4.00. The Labute approximate surface area is 78.8 Å². The molecule has 0 heterocycles. The monoisotopic (exact) mass is 166 g/mol. The molecule has 0 bridgehead atoms. The van der Waals surface area contributed by atoms with Crippen molar-refractivity contribution in [3.05, 3.63) is 0 Å². The molecule has 0 fully saturated rings. The van der Waals surface area contributed by atoms with Crippen LogP contribution in [0, 0.1) is 5.41 Å². The Hall–Kier alpha value is 0.480. The van der Waals surface area contributed by atoms with Crippen LogP contribution in [0.5, 0.6) is 0 Å². The Bertz CT molecular complexity index is 116. The van der Waals surface area contributed by atoms with Gasteiger partial charge in [-0.3, -0.25) is 0 Å². The maximum atomic E-state index is 5.81. The molecular formula is C8H16B2S. The zero-order chi connectivity index (χ0) is 9.12. The van der Waals surface area contributed by atoms with Gasteiger partial charge in [-0.25, -0.2) is 0 Å². The van der Waals surface area contributed by atoms with Crippen LogP contribution in [0.4, 0.5) is 0 Å². The average molecular weight is 166 g/mol. The standard InChI is InChI=1S/C8H16B2S/c1-7(2,5-4-6-11)8(3,9)10/h11H,4-6H2,1-3H3. The topological polar surface area (TPSA) is 0 Å². The molecule has 0 N–H and O–H groups in total. The number of hydrogen-bond acceptors (Lipinski definition) is 1. The summed E-state index contributed by atoms with van der Waals surface area (Å²) >= 11 is 4.15. The third kappa shape index (κ3) is 3.59. The van der Waals surface area contributed by atoms with E-state index < -0.39 is 5.21 Å². The molecule has 0 aromatic rings. The largest absolute Gasteiger partial charge is 0.179 e. The van der Waals surface area contributed by atoms with Crippen molar-refractivity contribution in [1.29, 1.82) is 0 Å². The molecule has 0 saturated carbocycles. The lowest BCUT2D eigenvalue weighted by molar-refractivity contribution is 0.293. The third-order valence-electron chi connectivity index (χ3n) is 2.42. The van der Waals surface area contributed by atoms with E-state index in [0.29, 0.717) is 0 Å². The summed E-state index contributed by atoms with van der Waals surface area (Å²) in [5, 5.41) is -0.587. The molecule has 0 aliphatic carbocycles. The van der Waals surface area contributed by atoms with E-state index in [1.165, 1.54) is 0 Å². The molecule has 0 atom stereocenters. The molecule has 0 rings (SSSR count). The summed E-state index contributed by atoms with van der Waals surface area (Å²) in [4.78, 5) is 0. The van der Waals surface area contributed by atoms with E-state index in [9.17, 15) is 0 Å². The summed E-state index contributed by atoms with van der Waals surface area (Å²) in [6.07, 6.45) is 2.10. The number of thiol groups is 1. The smallest absolute Gasteiger partial charge is 0.0624 e. The minimum absolute atomic E-state index is 0.00424. The fraction of sp³-hybridized carbons (Fsp3) is 1.00. The molecule has 0 aliphatic heterocycles. The maximum absolute atomic E-state index is 5.81. The highest BCUT2D eigenvalue weighted by Crippen LogP contribution is 2.42. The van der Waals surface area contributed by atoms with Crippen molar-refractivity contribution < 1.29 is 0 Å². The van der Waals surface area contributed by atoms with Crippen LogP contribution in [0.3, 0.4) is 0 Å². The molecule has 0 aliphatic rings. The second kappa shape index (κ2) is 3.93. The normalized spacial score (nSPS) is 13.5. The Morgan fingerprint density at radius 1 is 1.18 bits per heavy atom. The third-order valence-corrected chi connectivity index (χ3v) is 2.73. The SMILES string of the molecule is [B]C([B])(C)C(C)(C)CCCS. The van der Waals surface area contributed by atoms with E-state index in [4.69, 9.17) is 15.7 Å². The number of hydrogen-bond donors (Lipinski definition) is 1. The predicted molar refractivity (Wildman–Crippen MR) is 56.7 cm³/mol. The van der Waals surface area contributed by atoms with E-state index in [1.54, 1.807) is 0 Å². The highest BCUT2D eigenvalue weighted by Gasteiger charge is 2.30. The Kier molecular flexibility index (Phi) is 4.10. The molecule has 0 aromatic carbocycles. The minimum Gasteiger partial charge on any atom is -0.179 e. The highest BCUT2D eigenvalue weighted by molar-refractivity contribution is 7.80. The van der Waals surface area contributed by atoms with Crippen molar-refractivity contribution in [2.75, 3.05) is 5.75 Å². The average Bonchev–Trinajstić information content (AvgIpc) is 1.81. The Morgan fingerprint density at radius 3 is 1.91 bits per heavy atom. The fourth-order valence-corrected chi connectivity index (χ4v) is 0.948. The highest BCUT2D eigenvalue weighted by atomic mass is 32.1. The van der Waals surface area contributed by atoms with Gasteiger partial charge >= 0.3 is 0 Å². The summed E-state index contributed by atoms with van der Waals surface area (Å²) in [5.41, 5.74) is -0.00424. The van der Waals surface area contributed by atoms with E-state index in [1.807, 2.05) is 6.92 Å². The van der Waals surface area contributed by atoms with Crippen LogP contribution in [0.2, 0.25) is 5.21 Å². The molecule has 3 heteroatoms. The van der Waals surface area contributed by atoms with E-state index in [2.05, 4.69) is 26.5 Å². The predicted octanol–water partition coefficient (Wildman–Crippen LogP) is 2.20. The Balaban J connectivity index is 4.00. The van der Waals surface area contributed by atoms with Gasteiger partial charge in [0, 0.05) is 0 Å². The zero-order valence-corrected chi connectivity index (χ0v) is 8.62. The fourth-order valence-electron chi connectivity index (χ4n) is 0.790. The first-order chi connectivity index (χ1) is 4.81. The van der Waals surface area contributed by atoms with Gasteiger partial charge in [0.1, 0.15) is 0 Å². The van der Waals surface area contributed by atoms with E-state index in [0.717, 1.165) is 18.6 Å². The molecule has 0 amide bonds. The lowest BCUT2D eigenvalue weighted by Gasteiger charge is -2.40. The lowest BCUT2D eigenvalue weighted by atomic mass is 9.43. The van der Waals surface area contributed by atoms with Crippen molar-refractivity contribution >= 4 is 28.3 Å². The molecule has 0 nitrogen and oxygen atoms in total. The lowest BCUT2D eigenvalue weighted by Crippen LogP contribution is -2.29.